The summed E-state index contributed by atoms with van der Waals surface area (Å²) in [7, 11) is 0. The lowest BCUT2D eigenvalue weighted by Crippen LogP contribution is -2.14. The first-order chi connectivity index (χ1) is 9.06. The minimum absolute atomic E-state index is 0.0764. The molecule has 0 aliphatic heterocycles. The number of carbonyl (C=O) groups excluding carboxylic acids is 1. The zero-order chi connectivity index (χ0) is 13.8. The van der Waals surface area contributed by atoms with E-state index in [0.717, 1.165) is 0 Å². The highest BCUT2D eigenvalue weighted by atomic mass is 35.5. The molecule has 0 amide bonds. The molecular formula is C14H10Cl2FNO. The van der Waals surface area contributed by atoms with Gasteiger partial charge in [0.1, 0.15) is 5.82 Å². The Bertz CT molecular complexity index is 599. The van der Waals surface area contributed by atoms with Crippen molar-refractivity contribution < 1.29 is 9.18 Å². The smallest absolute Gasteiger partial charge is 0.183 e. The second kappa shape index (κ2) is 6.04. The maximum atomic E-state index is 12.7. The van der Waals surface area contributed by atoms with E-state index in [1.807, 2.05) is 0 Å². The van der Waals surface area contributed by atoms with Gasteiger partial charge in [-0.1, -0.05) is 23.2 Å². The van der Waals surface area contributed by atoms with Crippen molar-refractivity contribution in [3.05, 3.63) is 63.9 Å². The molecule has 0 saturated heterocycles. The molecule has 0 saturated carbocycles. The van der Waals surface area contributed by atoms with Crippen LogP contribution in [0, 0.1) is 5.82 Å². The molecule has 1 N–H and O–H groups in total. The fourth-order valence-electron chi connectivity index (χ4n) is 1.56. The average Bonchev–Trinajstić information content (AvgIpc) is 2.37. The summed E-state index contributed by atoms with van der Waals surface area (Å²) in [6.07, 6.45) is 0. The highest BCUT2D eigenvalue weighted by molar-refractivity contribution is 6.36. The molecule has 0 aliphatic rings. The van der Waals surface area contributed by atoms with Crippen LogP contribution in [0.4, 0.5) is 10.1 Å². The first-order valence-electron chi connectivity index (χ1n) is 5.54. The lowest BCUT2D eigenvalue weighted by atomic mass is 10.1. The Kier molecular flexibility index (Phi) is 4.40. The SMILES string of the molecule is O=C(CNc1ccc(F)cc1)c1ccc(Cl)cc1Cl. The van der Waals surface area contributed by atoms with E-state index in [4.69, 9.17) is 23.2 Å². The second-order valence-corrected chi connectivity index (χ2v) is 4.75. The van der Waals surface area contributed by atoms with E-state index in [1.54, 1.807) is 24.3 Å². The third-order valence-corrected chi connectivity index (χ3v) is 3.08. The molecule has 0 spiro atoms. The van der Waals surface area contributed by atoms with Crippen molar-refractivity contribution in [1.82, 2.24) is 0 Å². The topological polar surface area (TPSA) is 29.1 Å². The molecule has 2 rings (SSSR count). The first kappa shape index (κ1) is 13.8. The number of ketones is 1. The fourth-order valence-corrected chi connectivity index (χ4v) is 2.07. The van der Waals surface area contributed by atoms with Gasteiger partial charge in [-0.05, 0) is 42.5 Å². The van der Waals surface area contributed by atoms with Gasteiger partial charge in [0.25, 0.3) is 0 Å². The standard InChI is InChI=1S/C14H10Cl2FNO/c15-9-1-6-12(13(16)7-9)14(19)8-18-11-4-2-10(17)3-5-11/h1-7,18H,8H2. The summed E-state index contributed by atoms with van der Waals surface area (Å²) >= 11 is 11.7. The minimum Gasteiger partial charge on any atom is -0.378 e. The van der Waals surface area contributed by atoms with Gasteiger partial charge in [-0.3, -0.25) is 4.79 Å². The first-order valence-corrected chi connectivity index (χ1v) is 6.29. The van der Waals surface area contributed by atoms with E-state index in [-0.39, 0.29) is 18.1 Å². The van der Waals surface area contributed by atoms with E-state index in [9.17, 15) is 9.18 Å². The zero-order valence-corrected chi connectivity index (χ0v) is 11.3. The molecule has 0 aromatic heterocycles. The van der Waals surface area contributed by atoms with Crippen LogP contribution >= 0.6 is 23.2 Å². The summed E-state index contributed by atoms with van der Waals surface area (Å²) < 4.78 is 12.7. The van der Waals surface area contributed by atoms with Crippen LogP contribution in [0.15, 0.2) is 42.5 Å². The highest BCUT2D eigenvalue weighted by Crippen LogP contribution is 2.21. The van der Waals surface area contributed by atoms with Gasteiger partial charge in [0, 0.05) is 16.3 Å². The quantitative estimate of drug-likeness (QED) is 0.846. The molecule has 0 unspecified atom stereocenters. The largest absolute Gasteiger partial charge is 0.378 e. The monoisotopic (exact) mass is 297 g/mol. The summed E-state index contributed by atoms with van der Waals surface area (Å²) in [6.45, 7) is 0.0764. The number of halogens is 3. The van der Waals surface area contributed by atoms with E-state index in [1.165, 1.54) is 18.2 Å². The van der Waals surface area contributed by atoms with Gasteiger partial charge in [0.2, 0.25) is 0 Å². The van der Waals surface area contributed by atoms with Crippen molar-refractivity contribution in [2.75, 3.05) is 11.9 Å². The molecule has 2 aromatic carbocycles. The number of anilines is 1. The van der Waals surface area contributed by atoms with Gasteiger partial charge in [0.05, 0.1) is 11.6 Å². The van der Waals surface area contributed by atoms with E-state index in [0.29, 0.717) is 21.3 Å². The van der Waals surface area contributed by atoms with Crippen LogP contribution in [0.2, 0.25) is 10.0 Å². The van der Waals surface area contributed by atoms with Crippen molar-refractivity contribution in [3.63, 3.8) is 0 Å². The number of nitrogens with one attached hydrogen (secondary N) is 1. The maximum Gasteiger partial charge on any atom is 0.183 e. The summed E-state index contributed by atoms with van der Waals surface area (Å²) in [5, 5.41) is 3.70. The van der Waals surface area contributed by atoms with E-state index < -0.39 is 0 Å². The van der Waals surface area contributed by atoms with E-state index >= 15 is 0 Å². The highest BCUT2D eigenvalue weighted by Gasteiger charge is 2.10. The predicted octanol–water partition coefficient (Wildman–Crippen LogP) is 4.43. The summed E-state index contributed by atoms with van der Waals surface area (Å²) in [6, 6.07) is 10.5. The van der Waals surface area contributed by atoms with Crippen LogP contribution in [0.3, 0.4) is 0 Å². The molecule has 0 heterocycles. The number of carbonyl (C=O) groups is 1. The Morgan fingerprint density at radius 1 is 1.11 bits per heavy atom. The Morgan fingerprint density at radius 2 is 1.79 bits per heavy atom. The molecule has 5 heteroatoms. The Hall–Kier alpha value is -1.58. The maximum absolute atomic E-state index is 12.7. The van der Waals surface area contributed by atoms with Crippen molar-refractivity contribution in [1.29, 1.82) is 0 Å². The van der Waals surface area contributed by atoms with Crippen molar-refractivity contribution in [2.24, 2.45) is 0 Å². The second-order valence-electron chi connectivity index (χ2n) is 3.91. The molecule has 0 fully saturated rings. The van der Waals surface area contributed by atoms with Gasteiger partial charge in [-0.15, -0.1) is 0 Å². The lowest BCUT2D eigenvalue weighted by molar-refractivity contribution is 0.101. The average molecular weight is 298 g/mol. The van der Waals surface area contributed by atoms with Gasteiger partial charge in [-0.25, -0.2) is 4.39 Å². The Balaban J connectivity index is 2.03. The number of hydrogen-bond acceptors (Lipinski definition) is 2. The van der Waals surface area contributed by atoms with Gasteiger partial charge >= 0.3 is 0 Å². The number of Topliss-reactive ketones (excluding diaryl/α,β-unsaturated/α-hetero) is 1. The van der Waals surface area contributed by atoms with Crippen molar-refractivity contribution >= 4 is 34.7 Å². The van der Waals surface area contributed by atoms with E-state index in [2.05, 4.69) is 5.32 Å². The van der Waals surface area contributed by atoms with Crippen LogP contribution in [0.25, 0.3) is 0 Å². The number of hydrogen-bond donors (Lipinski definition) is 1. The summed E-state index contributed by atoms with van der Waals surface area (Å²) in [4.78, 5) is 12.0. The Labute approximate surface area is 120 Å². The lowest BCUT2D eigenvalue weighted by Gasteiger charge is -2.07. The van der Waals surface area contributed by atoms with Crippen LogP contribution in [-0.2, 0) is 0 Å². The molecule has 0 bridgehead atoms. The zero-order valence-electron chi connectivity index (χ0n) is 9.79. The number of rotatable bonds is 4. The summed E-state index contributed by atoms with van der Waals surface area (Å²) in [5.74, 6) is -0.483. The molecule has 19 heavy (non-hydrogen) atoms. The molecular weight excluding hydrogens is 288 g/mol. The third kappa shape index (κ3) is 3.69. The molecule has 0 aliphatic carbocycles. The van der Waals surface area contributed by atoms with Crippen molar-refractivity contribution in [2.45, 2.75) is 0 Å². The molecule has 2 aromatic rings. The third-order valence-electron chi connectivity index (χ3n) is 2.53. The van der Waals surface area contributed by atoms with Gasteiger partial charge < -0.3 is 5.32 Å². The Morgan fingerprint density at radius 3 is 2.42 bits per heavy atom. The number of benzene rings is 2. The summed E-state index contributed by atoms with van der Waals surface area (Å²) in [5.41, 5.74) is 1.07. The van der Waals surface area contributed by atoms with Gasteiger partial charge in [-0.2, -0.15) is 0 Å². The normalized spacial score (nSPS) is 10.3. The van der Waals surface area contributed by atoms with Crippen LogP contribution in [0.5, 0.6) is 0 Å². The minimum atomic E-state index is -0.322. The molecule has 0 radical (unpaired) electrons. The molecule has 2 nitrogen and oxygen atoms in total. The fraction of sp³-hybridized carbons (Fsp3) is 0.0714. The van der Waals surface area contributed by atoms with Crippen LogP contribution in [-0.4, -0.2) is 12.3 Å². The van der Waals surface area contributed by atoms with Crippen molar-refractivity contribution in [3.8, 4) is 0 Å². The predicted molar refractivity (Wildman–Crippen MR) is 75.7 cm³/mol. The van der Waals surface area contributed by atoms with Crippen LogP contribution in [0.1, 0.15) is 10.4 Å². The van der Waals surface area contributed by atoms with Gasteiger partial charge in [0.15, 0.2) is 5.78 Å². The van der Waals surface area contributed by atoms with Crippen LogP contribution < -0.4 is 5.32 Å². The molecule has 0 atom stereocenters. The molecule has 98 valence electrons.